The van der Waals surface area contributed by atoms with Crippen molar-refractivity contribution < 1.29 is 17.5 Å². The fraction of sp³-hybridized carbons (Fsp3) is 0.480. The number of sulfonamides is 1. The van der Waals surface area contributed by atoms with Gasteiger partial charge in [0.1, 0.15) is 5.82 Å². The SMILES string of the molecule is CC1CCCN(S(=O)(=O)c2ccc3c(c2)nc(SCc2ccc(Cl)cc2F)n3CC2CCCO2)C1. The van der Waals surface area contributed by atoms with E-state index in [9.17, 15) is 12.8 Å². The van der Waals surface area contributed by atoms with E-state index in [0.29, 0.717) is 52.6 Å². The lowest BCUT2D eigenvalue weighted by atomic mass is 10.0. The summed E-state index contributed by atoms with van der Waals surface area (Å²) in [5.74, 6) is 0.384. The Bertz CT molecular complexity index is 1320. The number of halogens is 2. The van der Waals surface area contributed by atoms with Crippen LogP contribution in [-0.2, 0) is 27.1 Å². The van der Waals surface area contributed by atoms with E-state index >= 15 is 0 Å². The van der Waals surface area contributed by atoms with E-state index in [1.165, 1.54) is 17.8 Å². The summed E-state index contributed by atoms with van der Waals surface area (Å²) < 4.78 is 50.5. The molecule has 0 radical (unpaired) electrons. The maximum Gasteiger partial charge on any atom is 0.243 e. The molecule has 188 valence electrons. The first-order chi connectivity index (χ1) is 16.8. The molecule has 35 heavy (non-hydrogen) atoms. The van der Waals surface area contributed by atoms with Gasteiger partial charge < -0.3 is 9.30 Å². The van der Waals surface area contributed by atoms with Crippen LogP contribution in [-0.4, -0.2) is 48.1 Å². The third kappa shape index (κ3) is 5.39. The van der Waals surface area contributed by atoms with Crippen molar-refractivity contribution >= 4 is 44.4 Å². The molecule has 6 nitrogen and oxygen atoms in total. The van der Waals surface area contributed by atoms with Crippen molar-refractivity contribution in [3.63, 3.8) is 0 Å². The van der Waals surface area contributed by atoms with Crippen molar-refractivity contribution in [2.45, 2.75) is 61.1 Å². The van der Waals surface area contributed by atoms with E-state index in [4.69, 9.17) is 21.3 Å². The molecule has 3 aromatic rings. The number of benzene rings is 2. The number of piperidine rings is 1. The molecule has 0 bridgehead atoms. The summed E-state index contributed by atoms with van der Waals surface area (Å²) in [7, 11) is -3.59. The number of hydrogen-bond donors (Lipinski definition) is 0. The molecule has 0 N–H and O–H groups in total. The van der Waals surface area contributed by atoms with Crippen LogP contribution in [0, 0.1) is 11.7 Å². The van der Waals surface area contributed by atoms with E-state index in [1.54, 1.807) is 28.6 Å². The summed E-state index contributed by atoms with van der Waals surface area (Å²) >= 11 is 7.32. The second-order valence-electron chi connectivity index (χ2n) is 9.43. The lowest BCUT2D eigenvalue weighted by molar-refractivity contribution is 0.0960. The molecule has 1 aromatic heterocycles. The highest BCUT2D eigenvalue weighted by atomic mass is 35.5. The van der Waals surface area contributed by atoms with Crippen molar-refractivity contribution in [3.8, 4) is 0 Å². The minimum Gasteiger partial charge on any atom is -0.376 e. The number of imidazole rings is 1. The van der Waals surface area contributed by atoms with Gasteiger partial charge in [0.25, 0.3) is 0 Å². The van der Waals surface area contributed by atoms with Crippen LogP contribution in [0.4, 0.5) is 4.39 Å². The van der Waals surface area contributed by atoms with Crippen LogP contribution < -0.4 is 0 Å². The van der Waals surface area contributed by atoms with Crippen LogP contribution in [0.5, 0.6) is 0 Å². The van der Waals surface area contributed by atoms with Crippen LogP contribution in [0.25, 0.3) is 11.0 Å². The van der Waals surface area contributed by atoms with Crippen molar-refractivity contribution in [1.82, 2.24) is 13.9 Å². The standard InChI is InChI=1S/C25H29ClFN3O3S2/c1-17-4-2-10-29(14-17)35(31,32)21-8-9-24-23(13-21)28-25(30(24)15-20-5-3-11-33-20)34-16-18-6-7-19(26)12-22(18)27/h6-9,12-13,17,20H,2-5,10-11,14-16H2,1H3. The smallest absolute Gasteiger partial charge is 0.243 e. The van der Waals surface area contributed by atoms with E-state index in [0.717, 1.165) is 37.8 Å². The quantitative estimate of drug-likeness (QED) is 0.361. The van der Waals surface area contributed by atoms with Crippen LogP contribution in [0.2, 0.25) is 5.02 Å². The number of aromatic nitrogens is 2. The molecule has 0 spiro atoms. The van der Waals surface area contributed by atoms with Gasteiger partial charge in [-0.2, -0.15) is 4.31 Å². The van der Waals surface area contributed by atoms with Gasteiger partial charge in [-0.3, -0.25) is 0 Å². The minimum atomic E-state index is -3.59. The zero-order valence-electron chi connectivity index (χ0n) is 19.6. The van der Waals surface area contributed by atoms with E-state index in [1.807, 2.05) is 6.07 Å². The number of fused-ring (bicyclic) bond motifs is 1. The molecule has 10 heteroatoms. The maximum atomic E-state index is 14.4. The lowest BCUT2D eigenvalue weighted by Gasteiger charge is -2.30. The van der Waals surface area contributed by atoms with Gasteiger partial charge in [0, 0.05) is 30.5 Å². The number of thioether (sulfide) groups is 1. The van der Waals surface area contributed by atoms with Gasteiger partial charge in [-0.05, 0) is 67.5 Å². The molecule has 3 heterocycles. The minimum absolute atomic E-state index is 0.0808. The van der Waals surface area contributed by atoms with Crippen LogP contribution in [0.3, 0.4) is 0 Å². The van der Waals surface area contributed by atoms with Crippen molar-refractivity contribution in [1.29, 1.82) is 0 Å². The Morgan fingerprint density at radius 1 is 1.20 bits per heavy atom. The predicted octanol–water partition coefficient (Wildman–Crippen LogP) is 5.72. The summed E-state index contributed by atoms with van der Waals surface area (Å²) in [5.41, 5.74) is 2.01. The fourth-order valence-corrected chi connectivity index (χ4v) is 7.61. The first-order valence-electron chi connectivity index (χ1n) is 12.0. The normalized spacial score (nSPS) is 21.7. The fourth-order valence-electron chi connectivity index (χ4n) is 4.82. The van der Waals surface area contributed by atoms with Gasteiger partial charge in [-0.15, -0.1) is 0 Å². The average Bonchev–Trinajstić information content (AvgIpc) is 3.46. The zero-order chi connectivity index (χ0) is 24.6. The van der Waals surface area contributed by atoms with E-state index in [-0.39, 0.29) is 16.8 Å². The molecule has 5 rings (SSSR count). The highest BCUT2D eigenvalue weighted by molar-refractivity contribution is 7.98. The van der Waals surface area contributed by atoms with Crippen molar-refractivity contribution in [2.24, 2.45) is 5.92 Å². The number of hydrogen-bond acceptors (Lipinski definition) is 5. The molecule has 2 saturated heterocycles. The van der Waals surface area contributed by atoms with Gasteiger partial charge in [0.15, 0.2) is 5.16 Å². The molecular formula is C25H29ClFN3O3S2. The number of rotatable bonds is 7. The summed E-state index contributed by atoms with van der Waals surface area (Å²) in [6, 6.07) is 9.85. The first kappa shape index (κ1) is 25.0. The summed E-state index contributed by atoms with van der Waals surface area (Å²) in [6.07, 6.45) is 3.99. The van der Waals surface area contributed by atoms with E-state index in [2.05, 4.69) is 11.5 Å². The molecule has 2 unspecified atom stereocenters. The highest BCUT2D eigenvalue weighted by Gasteiger charge is 2.29. The van der Waals surface area contributed by atoms with Crippen LogP contribution in [0.1, 0.15) is 38.2 Å². The third-order valence-electron chi connectivity index (χ3n) is 6.72. The Morgan fingerprint density at radius 2 is 2.06 bits per heavy atom. The van der Waals surface area contributed by atoms with Gasteiger partial charge in [-0.1, -0.05) is 36.4 Å². The molecule has 2 aromatic carbocycles. The second-order valence-corrected chi connectivity index (χ2v) is 12.7. The Labute approximate surface area is 214 Å². The third-order valence-corrected chi connectivity index (χ3v) is 9.85. The molecular weight excluding hydrogens is 509 g/mol. The Morgan fingerprint density at radius 3 is 2.80 bits per heavy atom. The van der Waals surface area contributed by atoms with Gasteiger partial charge in [0.05, 0.1) is 28.6 Å². The first-order valence-corrected chi connectivity index (χ1v) is 14.8. The zero-order valence-corrected chi connectivity index (χ0v) is 22.0. The Kier molecular flexibility index (Phi) is 7.42. The number of ether oxygens (including phenoxy) is 1. The maximum absolute atomic E-state index is 14.4. The largest absolute Gasteiger partial charge is 0.376 e. The molecule has 2 aliphatic heterocycles. The summed E-state index contributed by atoms with van der Waals surface area (Å²) in [4.78, 5) is 5.06. The average molecular weight is 538 g/mol. The monoisotopic (exact) mass is 537 g/mol. The van der Waals surface area contributed by atoms with Crippen molar-refractivity contribution in [2.75, 3.05) is 19.7 Å². The molecule has 0 aliphatic carbocycles. The van der Waals surface area contributed by atoms with Crippen molar-refractivity contribution in [3.05, 3.63) is 52.8 Å². The molecule has 2 fully saturated rings. The number of nitrogens with zero attached hydrogens (tertiary/aromatic N) is 3. The predicted molar refractivity (Wildman–Crippen MR) is 137 cm³/mol. The van der Waals surface area contributed by atoms with Crippen LogP contribution in [0.15, 0.2) is 46.5 Å². The summed E-state index contributed by atoms with van der Waals surface area (Å²) in [5, 5.41) is 1.07. The van der Waals surface area contributed by atoms with Gasteiger partial charge >= 0.3 is 0 Å². The lowest BCUT2D eigenvalue weighted by Crippen LogP contribution is -2.39. The Balaban J connectivity index is 1.47. The van der Waals surface area contributed by atoms with Gasteiger partial charge in [-0.25, -0.2) is 17.8 Å². The summed E-state index contributed by atoms with van der Waals surface area (Å²) in [6.45, 7) is 4.54. The van der Waals surface area contributed by atoms with E-state index < -0.39 is 10.0 Å². The molecule has 0 saturated carbocycles. The topological polar surface area (TPSA) is 64.4 Å². The second kappa shape index (κ2) is 10.4. The Hall–Kier alpha value is -1.65. The highest BCUT2D eigenvalue weighted by Crippen LogP contribution is 2.32. The molecule has 2 atom stereocenters. The molecule has 0 amide bonds. The van der Waals surface area contributed by atoms with Crippen LogP contribution >= 0.6 is 23.4 Å². The molecule has 2 aliphatic rings. The van der Waals surface area contributed by atoms with Gasteiger partial charge in [0.2, 0.25) is 10.0 Å².